The number of nitrogens with zero attached hydrogens (tertiary/aromatic N) is 2. The van der Waals surface area contributed by atoms with Crippen LogP contribution in [0.3, 0.4) is 0 Å². The zero-order valence-corrected chi connectivity index (χ0v) is 13.3. The van der Waals surface area contributed by atoms with Crippen LogP contribution in [0.4, 0.5) is 5.69 Å². The number of piperazine rings is 1. The summed E-state index contributed by atoms with van der Waals surface area (Å²) >= 11 is 0. The van der Waals surface area contributed by atoms with E-state index in [9.17, 15) is 4.79 Å². The van der Waals surface area contributed by atoms with Gasteiger partial charge in [-0.3, -0.25) is 9.69 Å². The molecule has 2 aliphatic rings. The van der Waals surface area contributed by atoms with E-state index in [-0.39, 0.29) is 5.91 Å². The number of para-hydroxylation sites is 1. The second-order valence-electron chi connectivity index (χ2n) is 6.48. The minimum absolute atomic E-state index is 0.115. The molecule has 0 spiro atoms. The molecule has 120 valence electrons. The summed E-state index contributed by atoms with van der Waals surface area (Å²) in [4.78, 5) is 17.1. The topological polar surface area (TPSA) is 35.6 Å². The van der Waals surface area contributed by atoms with Crippen LogP contribution in [0.5, 0.6) is 0 Å². The molecule has 0 unspecified atom stereocenters. The molecule has 0 atom stereocenters. The lowest BCUT2D eigenvalue weighted by Gasteiger charge is -2.38. The van der Waals surface area contributed by atoms with E-state index < -0.39 is 0 Å². The fourth-order valence-corrected chi connectivity index (χ4v) is 3.63. The van der Waals surface area contributed by atoms with Crippen molar-refractivity contribution in [3.05, 3.63) is 30.3 Å². The van der Waals surface area contributed by atoms with E-state index >= 15 is 0 Å². The molecule has 1 amide bonds. The number of benzene rings is 1. The monoisotopic (exact) mass is 301 g/mol. The molecule has 2 fully saturated rings. The molecule has 4 heteroatoms. The van der Waals surface area contributed by atoms with Gasteiger partial charge in [0.05, 0.1) is 0 Å². The van der Waals surface area contributed by atoms with Crippen LogP contribution in [-0.4, -0.2) is 54.5 Å². The van der Waals surface area contributed by atoms with Crippen molar-refractivity contribution in [3.8, 4) is 0 Å². The van der Waals surface area contributed by atoms with Gasteiger partial charge < -0.3 is 10.2 Å². The molecular weight excluding hydrogens is 274 g/mol. The standard InChI is InChI=1S/C18H27N3O/c22-18(19-16-6-2-1-3-7-16)10-11-20-12-14-21(15-13-20)17-8-4-5-9-17/h1-3,6-7,17H,4-5,8-15H2,(H,19,22). The van der Waals surface area contributed by atoms with Gasteiger partial charge in [0.25, 0.3) is 0 Å². The number of nitrogens with one attached hydrogen (secondary N) is 1. The number of anilines is 1. The van der Waals surface area contributed by atoms with Crippen LogP contribution < -0.4 is 5.32 Å². The van der Waals surface area contributed by atoms with Crippen LogP contribution in [0.25, 0.3) is 0 Å². The van der Waals surface area contributed by atoms with Crippen LogP contribution in [0.15, 0.2) is 30.3 Å². The third-order valence-corrected chi connectivity index (χ3v) is 4.96. The second kappa shape index (κ2) is 7.75. The highest BCUT2D eigenvalue weighted by Crippen LogP contribution is 2.24. The first-order chi connectivity index (χ1) is 10.8. The molecule has 0 aromatic heterocycles. The van der Waals surface area contributed by atoms with Crippen LogP contribution in [0, 0.1) is 0 Å². The Morgan fingerprint density at radius 1 is 1.05 bits per heavy atom. The molecule has 1 aliphatic carbocycles. The first kappa shape index (κ1) is 15.5. The van der Waals surface area contributed by atoms with Gasteiger partial charge in [0.15, 0.2) is 0 Å². The van der Waals surface area contributed by atoms with E-state index in [0.29, 0.717) is 6.42 Å². The molecule has 22 heavy (non-hydrogen) atoms. The molecule has 3 rings (SSSR count). The highest BCUT2D eigenvalue weighted by atomic mass is 16.1. The second-order valence-corrected chi connectivity index (χ2v) is 6.48. The zero-order chi connectivity index (χ0) is 15.2. The van der Waals surface area contributed by atoms with Crippen LogP contribution in [0.1, 0.15) is 32.1 Å². The molecule has 4 nitrogen and oxygen atoms in total. The highest BCUT2D eigenvalue weighted by Gasteiger charge is 2.25. The van der Waals surface area contributed by atoms with Crippen molar-refractivity contribution in [2.45, 2.75) is 38.1 Å². The molecule has 1 heterocycles. The van der Waals surface area contributed by atoms with Crippen molar-refractivity contribution < 1.29 is 4.79 Å². The molecule has 1 aliphatic heterocycles. The van der Waals surface area contributed by atoms with E-state index in [1.165, 1.54) is 38.8 Å². The van der Waals surface area contributed by atoms with Crippen molar-refractivity contribution in [2.24, 2.45) is 0 Å². The van der Waals surface area contributed by atoms with Crippen molar-refractivity contribution in [2.75, 3.05) is 38.0 Å². The Labute approximate surface area is 133 Å². The number of carbonyl (C=O) groups is 1. The molecule has 1 aromatic carbocycles. The van der Waals surface area contributed by atoms with E-state index in [2.05, 4.69) is 15.1 Å². The largest absolute Gasteiger partial charge is 0.326 e. The predicted octanol–water partition coefficient (Wildman–Crippen LogP) is 2.58. The fraction of sp³-hybridized carbons (Fsp3) is 0.611. The van der Waals surface area contributed by atoms with Gasteiger partial charge >= 0.3 is 0 Å². The average molecular weight is 301 g/mol. The molecule has 1 saturated heterocycles. The van der Waals surface area contributed by atoms with Gasteiger partial charge in [0.1, 0.15) is 0 Å². The van der Waals surface area contributed by atoms with Gasteiger partial charge in [-0.2, -0.15) is 0 Å². The molecule has 1 N–H and O–H groups in total. The normalized spacial score (nSPS) is 21.1. The lowest BCUT2D eigenvalue weighted by Crippen LogP contribution is -2.50. The predicted molar refractivity (Wildman–Crippen MR) is 90.0 cm³/mol. The van der Waals surface area contributed by atoms with Crippen molar-refractivity contribution in [1.82, 2.24) is 9.80 Å². The molecule has 1 aromatic rings. The summed E-state index contributed by atoms with van der Waals surface area (Å²) in [6.07, 6.45) is 6.17. The lowest BCUT2D eigenvalue weighted by molar-refractivity contribution is -0.116. The number of rotatable bonds is 5. The first-order valence-corrected chi connectivity index (χ1v) is 8.62. The van der Waals surface area contributed by atoms with Crippen LogP contribution >= 0.6 is 0 Å². The molecular formula is C18H27N3O. The minimum atomic E-state index is 0.115. The zero-order valence-electron chi connectivity index (χ0n) is 13.3. The average Bonchev–Trinajstić information content (AvgIpc) is 3.09. The summed E-state index contributed by atoms with van der Waals surface area (Å²) in [7, 11) is 0. The van der Waals surface area contributed by atoms with Crippen LogP contribution in [-0.2, 0) is 4.79 Å². The van der Waals surface area contributed by atoms with Crippen molar-refractivity contribution in [3.63, 3.8) is 0 Å². The SMILES string of the molecule is O=C(CCN1CCN(C2CCCC2)CC1)Nc1ccccc1. The molecule has 0 radical (unpaired) electrons. The summed E-state index contributed by atoms with van der Waals surface area (Å²) in [5.74, 6) is 0.115. The lowest BCUT2D eigenvalue weighted by atomic mass is 10.2. The van der Waals surface area contributed by atoms with E-state index in [1.807, 2.05) is 30.3 Å². The maximum Gasteiger partial charge on any atom is 0.225 e. The Bertz CT molecular complexity index is 462. The van der Waals surface area contributed by atoms with Gasteiger partial charge in [-0.25, -0.2) is 0 Å². The quantitative estimate of drug-likeness (QED) is 0.908. The Kier molecular flexibility index (Phi) is 5.46. The van der Waals surface area contributed by atoms with Crippen molar-refractivity contribution >= 4 is 11.6 Å². The number of hydrogen-bond donors (Lipinski definition) is 1. The minimum Gasteiger partial charge on any atom is -0.326 e. The molecule has 1 saturated carbocycles. The maximum absolute atomic E-state index is 12.0. The van der Waals surface area contributed by atoms with Crippen LogP contribution in [0.2, 0.25) is 0 Å². The number of amides is 1. The first-order valence-electron chi connectivity index (χ1n) is 8.62. The summed E-state index contributed by atoms with van der Waals surface area (Å²) in [5, 5.41) is 2.96. The smallest absolute Gasteiger partial charge is 0.225 e. The van der Waals surface area contributed by atoms with E-state index in [1.54, 1.807) is 0 Å². The van der Waals surface area contributed by atoms with Crippen molar-refractivity contribution in [1.29, 1.82) is 0 Å². The fourth-order valence-electron chi connectivity index (χ4n) is 3.63. The van der Waals surface area contributed by atoms with E-state index in [4.69, 9.17) is 0 Å². The van der Waals surface area contributed by atoms with Gasteiger partial charge in [-0.05, 0) is 25.0 Å². The Balaban J connectivity index is 1.35. The Morgan fingerprint density at radius 3 is 2.41 bits per heavy atom. The maximum atomic E-state index is 12.0. The number of hydrogen-bond acceptors (Lipinski definition) is 3. The molecule has 0 bridgehead atoms. The van der Waals surface area contributed by atoms with Gasteiger partial charge in [-0.15, -0.1) is 0 Å². The van der Waals surface area contributed by atoms with Gasteiger partial charge in [0.2, 0.25) is 5.91 Å². The Morgan fingerprint density at radius 2 is 1.73 bits per heavy atom. The number of carbonyl (C=O) groups excluding carboxylic acids is 1. The summed E-state index contributed by atoms with van der Waals surface area (Å²) in [6.45, 7) is 5.43. The van der Waals surface area contributed by atoms with E-state index in [0.717, 1.165) is 31.4 Å². The Hall–Kier alpha value is -1.39. The third-order valence-electron chi connectivity index (χ3n) is 4.96. The summed E-state index contributed by atoms with van der Waals surface area (Å²) in [5.41, 5.74) is 0.888. The third kappa shape index (κ3) is 4.31. The highest BCUT2D eigenvalue weighted by molar-refractivity contribution is 5.90. The summed E-state index contributed by atoms with van der Waals surface area (Å²) in [6, 6.07) is 10.5. The van der Waals surface area contributed by atoms with Gasteiger partial charge in [-0.1, -0.05) is 31.0 Å². The van der Waals surface area contributed by atoms with Gasteiger partial charge in [0, 0.05) is 50.9 Å². The summed E-state index contributed by atoms with van der Waals surface area (Å²) < 4.78 is 0.